The number of carbonyl (C=O) groups is 1. The number of nitrogens with one attached hydrogen (secondary N) is 1. The standard InChI is InChI=1S/C19H14N2O5/c22-16-3-1-2-14(11-16)20-19(24)17-9-6-13(10-18(17)23)12-4-7-15(8-5-12)21(25)26/h1-11,22-23H,(H,20,24). The SMILES string of the molecule is O=C(Nc1cccc(O)c1)c1ccc(-c2ccc([N+](=O)[O-])cc2)cc1O. The Bertz CT molecular complexity index is 983. The fraction of sp³-hybridized carbons (Fsp3) is 0. The molecule has 0 aromatic heterocycles. The Hall–Kier alpha value is -3.87. The summed E-state index contributed by atoms with van der Waals surface area (Å²) in [5.41, 5.74) is 1.73. The molecule has 7 heteroatoms. The highest BCUT2D eigenvalue weighted by atomic mass is 16.6. The molecule has 0 saturated carbocycles. The number of nitro benzene ring substituents is 1. The highest BCUT2D eigenvalue weighted by Gasteiger charge is 2.13. The number of phenols is 2. The van der Waals surface area contributed by atoms with Crippen LogP contribution in [-0.2, 0) is 0 Å². The molecule has 0 spiro atoms. The maximum Gasteiger partial charge on any atom is 0.269 e. The second-order valence-corrected chi connectivity index (χ2v) is 5.54. The maximum atomic E-state index is 12.3. The lowest BCUT2D eigenvalue weighted by molar-refractivity contribution is -0.384. The van der Waals surface area contributed by atoms with Crippen molar-refractivity contribution in [3.63, 3.8) is 0 Å². The van der Waals surface area contributed by atoms with E-state index in [1.807, 2.05) is 0 Å². The van der Waals surface area contributed by atoms with E-state index >= 15 is 0 Å². The lowest BCUT2D eigenvalue weighted by atomic mass is 10.0. The van der Waals surface area contributed by atoms with Crippen LogP contribution in [0.5, 0.6) is 11.5 Å². The summed E-state index contributed by atoms with van der Waals surface area (Å²) in [6, 6.07) is 16.5. The van der Waals surface area contributed by atoms with Crippen molar-refractivity contribution in [3.8, 4) is 22.6 Å². The summed E-state index contributed by atoms with van der Waals surface area (Å²) >= 11 is 0. The summed E-state index contributed by atoms with van der Waals surface area (Å²) in [6.45, 7) is 0. The largest absolute Gasteiger partial charge is 0.508 e. The summed E-state index contributed by atoms with van der Waals surface area (Å²) in [4.78, 5) is 22.5. The maximum absolute atomic E-state index is 12.3. The highest BCUT2D eigenvalue weighted by molar-refractivity contribution is 6.06. The first-order valence-electron chi connectivity index (χ1n) is 7.62. The molecule has 0 fully saturated rings. The van der Waals surface area contributed by atoms with E-state index in [1.54, 1.807) is 30.3 Å². The van der Waals surface area contributed by atoms with Crippen molar-refractivity contribution in [3.05, 3.63) is 82.4 Å². The fourth-order valence-corrected chi connectivity index (χ4v) is 2.46. The monoisotopic (exact) mass is 350 g/mol. The van der Waals surface area contributed by atoms with Gasteiger partial charge in [-0.3, -0.25) is 14.9 Å². The van der Waals surface area contributed by atoms with Crippen LogP contribution in [0.15, 0.2) is 66.7 Å². The molecule has 0 saturated heterocycles. The minimum absolute atomic E-state index is 0.0144. The van der Waals surface area contributed by atoms with Gasteiger partial charge in [0.15, 0.2) is 0 Å². The Morgan fingerprint density at radius 2 is 1.62 bits per heavy atom. The number of nitrogens with zero attached hydrogens (tertiary/aromatic N) is 1. The number of non-ortho nitro benzene ring substituents is 1. The van der Waals surface area contributed by atoms with Gasteiger partial charge in [-0.05, 0) is 47.5 Å². The number of aromatic hydroxyl groups is 2. The number of hydrogen-bond donors (Lipinski definition) is 3. The molecule has 0 heterocycles. The topological polar surface area (TPSA) is 113 Å². The lowest BCUT2D eigenvalue weighted by Gasteiger charge is -2.09. The first-order valence-corrected chi connectivity index (χ1v) is 7.62. The summed E-state index contributed by atoms with van der Waals surface area (Å²) < 4.78 is 0. The van der Waals surface area contributed by atoms with E-state index in [-0.39, 0.29) is 22.7 Å². The number of benzene rings is 3. The Morgan fingerprint density at radius 1 is 0.923 bits per heavy atom. The van der Waals surface area contributed by atoms with Gasteiger partial charge in [0, 0.05) is 23.9 Å². The van der Waals surface area contributed by atoms with Gasteiger partial charge in [-0.2, -0.15) is 0 Å². The van der Waals surface area contributed by atoms with Crippen molar-refractivity contribution in [2.45, 2.75) is 0 Å². The van der Waals surface area contributed by atoms with Crippen molar-refractivity contribution >= 4 is 17.3 Å². The highest BCUT2D eigenvalue weighted by Crippen LogP contribution is 2.28. The van der Waals surface area contributed by atoms with Gasteiger partial charge in [0.2, 0.25) is 0 Å². The van der Waals surface area contributed by atoms with Gasteiger partial charge in [-0.25, -0.2) is 0 Å². The summed E-state index contributed by atoms with van der Waals surface area (Å²) in [5.74, 6) is -0.734. The zero-order valence-electron chi connectivity index (χ0n) is 13.4. The molecule has 3 aromatic rings. The zero-order chi connectivity index (χ0) is 18.7. The average Bonchev–Trinajstić information content (AvgIpc) is 2.61. The Balaban J connectivity index is 1.82. The smallest absolute Gasteiger partial charge is 0.269 e. The van der Waals surface area contributed by atoms with Crippen molar-refractivity contribution in [1.82, 2.24) is 0 Å². The van der Waals surface area contributed by atoms with Gasteiger partial charge < -0.3 is 15.5 Å². The van der Waals surface area contributed by atoms with Crippen LogP contribution in [0, 0.1) is 10.1 Å². The molecule has 26 heavy (non-hydrogen) atoms. The number of nitro groups is 1. The van der Waals surface area contributed by atoms with Crippen LogP contribution >= 0.6 is 0 Å². The molecule has 0 unspecified atom stereocenters. The average molecular weight is 350 g/mol. The third kappa shape index (κ3) is 3.62. The normalized spacial score (nSPS) is 10.3. The van der Waals surface area contributed by atoms with Crippen LogP contribution in [0.4, 0.5) is 11.4 Å². The molecule has 0 aliphatic rings. The van der Waals surface area contributed by atoms with E-state index in [1.165, 1.54) is 36.4 Å². The predicted octanol–water partition coefficient (Wildman–Crippen LogP) is 3.93. The van der Waals surface area contributed by atoms with E-state index < -0.39 is 10.8 Å². The minimum atomic E-state index is -0.525. The number of carbonyl (C=O) groups excluding carboxylic acids is 1. The van der Waals surface area contributed by atoms with E-state index in [2.05, 4.69) is 5.32 Å². The Kier molecular flexibility index (Phi) is 4.53. The first kappa shape index (κ1) is 17.0. The summed E-state index contributed by atoms with van der Waals surface area (Å²) in [6.07, 6.45) is 0. The van der Waals surface area contributed by atoms with Crippen LogP contribution in [0.3, 0.4) is 0 Å². The molecule has 130 valence electrons. The number of phenolic OH excluding ortho intramolecular Hbond substituents is 2. The predicted molar refractivity (Wildman–Crippen MR) is 96.3 cm³/mol. The van der Waals surface area contributed by atoms with Gasteiger partial charge >= 0.3 is 0 Å². The van der Waals surface area contributed by atoms with Gasteiger partial charge in [-0.1, -0.05) is 12.1 Å². The van der Waals surface area contributed by atoms with Crippen molar-refractivity contribution < 1.29 is 19.9 Å². The molecular formula is C19H14N2O5. The van der Waals surface area contributed by atoms with Crippen molar-refractivity contribution in [1.29, 1.82) is 0 Å². The molecule has 0 aliphatic heterocycles. The number of amides is 1. The van der Waals surface area contributed by atoms with E-state index in [0.717, 1.165) is 0 Å². The van der Waals surface area contributed by atoms with Gasteiger partial charge in [0.05, 0.1) is 10.5 Å². The van der Waals surface area contributed by atoms with Crippen LogP contribution in [0.2, 0.25) is 0 Å². The van der Waals surface area contributed by atoms with Crippen LogP contribution < -0.4 is 5.32 Å². The Morgan fingerprint density at radius 3 is 2.23 bits per heavy atom. The molecule has 0 aliphatic carbocycles. The lowest BCUT2D eigenvalue weighted by Crippen LogP contribution is -2.12. The quantitative estimate of drug-likeness (QED) is 0.487. The second kappa shape index (κ2) is 6.94. The van der Waals surface area contributed by atoms with Gasteiger partial charge in [0.1, 0.15) is 11.5 Å². The number of rotatable bonds is 4. The molecule has 0 radical (unpaired) electrons. The third-order valence-electron chi connectivity index (χ3n) is 3.76. The third-order valence-corrected chi connectivity index (χ3v) is 3.76. The summed E-state index contributed by atoms with van der Waals surface area (Å²) in [7, 11) is 0. The molecule has 3 N–H and O–H groups in total. The Labute approximate surface area is 148 Å². The molecule has 0 bridgehead atoms. The van der Waals surface area contributed by atoms with E-state index in [0.29, 0.717) is 16.8 Å². The van der Waals surface area contributed by atoms with Crippen LogP contribution in [0.25, 0.3) is 11.1 Å². The molecule has 1 amide bonds. The second-order valence-electron chi connectivity index (χ2n) is 5.54. The first-order chi connectivity index (χ1) is 12.4. The number of hydrogen-bond acceptors (Lipinski definition) is 5. The zero-order valence-corrected chi connectivity index (χ0v) is 13.4. The molecule has 3 rings (SSSR count). The van der Waals surface area contributed by atoms with Crippen molar-refractivity contribution in [2.75, 3.05) is 5.32 Å². The van der Waals surface area contributed by atoms with Gasteiger partial charge in [0.25, 0.3) is 11.6 Å². The van der Waals surface area contributed by atoms with Crippen molar-refractivity contribution in [2.24, 2.45) is 0 Å². The van der Waals surface area contributed by atoms with E-state index in [9.17, 15) is 25.1 Å². The fourth-order valence-electron chi connectivity index (χ4n) is 2.46. The van der Waals surface area contributed by atoms with Crippen LogP contribution in [0.1, 0.15) is 10.4 Å². The molecule has 0 atom stereocenters. The molecule has 3 aromatic carbocycles. The summed E-state index contributed by atoms with van der Waals surface area (Å²) in [5, 5.41) is 32.9. The van der Waals surface area contributed by atoms with E-state index in [4.69, 9.17) is 0 Å². The van der Waals surface area contributed by atoms with Gasteiger partial charge in [-0.15, -0.1) is 0 Å². The molecule has 7 nitrogen and oxygen atoms in total. The minimum Gasteiger partial charge on any atom is -0.508 e. The number of anilines is 1. The van der Waals surface area contributed by atoms with Crippen LogP contribution in [-0.4, -0.2) is 21.0 Å². The molecular weight excluding hydrogens is 336 g/mol.